The zero-order valence-electron chi connectivity index (χ0n) is 13.5. The van der Waals surface area contributed by atoms with E-state index < -0.39 is 0 Å². The molecule has 0 heterocycles. The van der Waals surface area contributed by atoms with E-state index in [4.69, 9.17) is 0 Å². The maximum absolute atomic E-state index is 12.4. The summed E-state index contributed by atoms with van der Waals surface area (Å²) in [5, 5.41) is 0. The van der Waals surface area contributed by atoms with Gasteiger partial charge in [-0.3, -0.25) is 4.79 Å². The van der Waals surface area contributed by atoms with Crippen molar-refractivity contribution in [3.05, 3.63) is 34.9 Å². The van der Waals surface area contributed by atoms with Gasteiger partial charge in [-0.05, 0) is 56.4 Å². The predicted molar refractivity (Wildman–Crippen MR) is 85.8 cm³/mol. The summed E-state index contributed by atoms with van der Waals surface area (Å²) in [6, 6.07) is 0. The molecule has 0 radical (unpaired) electrons. The van der Waals surface area contributed by atoms with Gasteiger partial charge in [0.15, 0.2) is 0 Å². The summed E-state index contributed by atoms with van der Waals surface area (Å²) in [4.78, 5) is 12.4. The molecule has 1 fully saturated rings. The quantitative estimate of drug-likeness (QED) is 0.572. The average Bonchev–Trinajstić information content (AvgIpc) is 2.76. The number of rotatable bonds is 0. The first-order chi connectivity index (χ1) is 9.95. The second kappa shape index (κ2) is 4.21. The molecular formula is C20H26O. The van der Waals surface area contributed by atoms with Crippen molar-refractivity contribution < 1.29 is 4.79 Å². The van der Waals surface area contributed by atoms with Crippen LogP contribution < -0.4 is 0 Å². The van der Waals surface area contributed by atoms with Crippen LogP contribution in [0.2, 0.25) is 0 Å². The maximum atomic E-state index is 12.4. The third-order valence-corrected chi connectivity index (χ3v) is 7.06. The van der Waals surface area contributed by atoms with Crippen LogP contribution in [-0.4, -0.2) is 5.78 Å². The van der Waals surface area contributed by atoms with Crippen LogP contribution in [-0.2, 0) is 4.79 Å². The van der Waals surface area contributed by atoms with Gasteiger partial charge in [-0.15, -0.1) is 0 Å². The van der Waals surface area contributed by atoms with Gasteiger partial charge >= 0.3 is 0 Å². The van der Waals surface area contributed by atoms with E-state index in [9.17, 15) is 4.79 Å². The number of hydrogen-bond acceptors (Lipinski definition) is 1. The number of carbonyl (C=O) groups excluding carboxylic acids is 1. The fourth-order valence-corrected chi connectivity index (χ4v) is 5.56. The Kier molecular flexibility index (Phi) is 2.72. The van der Waals surface area contributed by atoms with E-state index in [0.29, 0.717) is 17.6 Å². The van der Waals surface area contributed by atoms with Crippen molar-refractivity contribution in [1.82, 2.24) is 0 Å². The van der Waals surface area contributed by atoms with E-state index in [1.807, 2.05) is 0 Å². The van der Waals surface area contributed by atoms with Crippen molar-refractivity contribution in [2.75, 3.05) is 0 Å². The van der Waals surface area contributed by atoms with Crippen molar-refractivity contribution in [3.8, 4) is 0 Å². The molecule has 4 atom stereocenters. The lowest BCUT2D eigenvalue weighted by Crippen LogP contribution is -2.43. The third kappa shape index (κ3) is 1.67. The molecule has 0 aromatic rings. The largest absolute Gasteiger partial charge is 0.299 e. The normalized spacial score (nSPS) is 45.1. The summed E-state index contributed by atoms with van der Waals surface area (Å²) >= 11 is 0. The molecule has 4 rings (SSSR count). The Morgan fingerprint density at radius 1 is 1.19 bits per heavy atom. The predicted octanol–water partition coefficient (Wildman–Crippen LogP) is 4.99. The molecular weight excluding hydrogens is 256 g/mol. The Morgan fingerprint density at radius 2 is 2.00 bits per heavy atom. The van der Waals surface area contributed by atoms with Crippen LogP contribution in [0.1, 0.15) is 59.3 Å². The molecule has 112 valence electrons. The maximum Gasteiger partial charge on any atom is 0.139 e. The second-order valence-corrected chi connectivity index (χ2v) is 8.17. The summed E-state index contributed by atoms with van der Waals surface area (Å²) in [7, 11) is 0. The number of ketones is 1. The van der Waals surface area contributed by atoms with Crippen molar-refractivity contribution in [1.29, 1.82) is 0 Å². The summed E-state index contributed by atoms with van der Waals surface area (Å²) in [6.45, 7) is 6.93. The SMILES string of the molecule is CC1=CC2=CCC3C(=CCC4(C)C(=O)CCC34)C2(C)CC1. The van der Waals surface area contributed by atoms with Crippen LogP contribution in [0.15, 0.2) is 34.9 Å². The van der Waals surface area contributed by atoms with Crippen molar-refractivity contribution in [2.45, 2.75) is 59.3 Å². The number of carbonyl (C=O) groups is 1. The molecule has 0 N–H and O–H groups in total. The summed E-state index contributed by atoms with van der Waals surface area (Å²) < 4.78 is 0. The summed E-state index contributed by atoms with van der Waals surface area (Å²) in [5.41, 5.74) is 4.92. The van der Waals surface area contributed by atoms with Crippen LogP contribution in [0.25, 0.3) is 0 Å². The van der Waals surface area contributed by atoms with Crippen molar-refractivity contribution in [3.63, 3.8) is 0 Å². The highest BCUT2D eigenvalue weighted by Gasteiger charge is 2.54. The van der Waals surface area contributed by atoms with E-state index in [1.165, 1.54) is 18.4 Å². The summed E-state index contributed by atoms with van der Waals surface area (Å²) in [6.07, 6.45) is 13.9. The van der Waals surface area contributed by atoms with E-state index in [1.54, 1.807) is 11.1 Å². The van der Waals surface area contributed by atoms with E-state index >= 15 is 0 Å². The highest BCUT2D eigenvalue weighted by molar-refractivity contribution is 5.87. The highest BCUT2D eigenvalue weighted by atomic mass is 16.1. The lowest BCUT2D eigenvalue weighted by molar-refractivity contribution is -0.127. The van der Waals surface area contributed by atoms with Crippen LogP contribution in [0.4, 0.5) is 0 Å². The molecule has 1 saturated carbocycles. The summed E-state index contributed by atoms with van der Waals surface area (Å²) in [5.74, 6) is 1.73. The van der Waals surface area contributed by atoms with Gasteiger partial charge in [-0.25, -0.2) is 0 Å². The fourth-order valence-electron chi connectivity index (χ4n) is 5.56. The van der Waals surface area contributed by atoms with Gasteiger partial charge in [0.05, 0.1) is 0 Å². The number of fused-ring (bicyclic) bond motifs is 5. The molecule has 0 amide bonds. The molecule has 1 heteroatoms. The van der Waals surface area contributed by atoms with Gasteiger partial charge in [0, 0.05) is 17.3 Å². The van der Waals surface area contributed by atoms with Crippen LogP contribution >= 0.6 is 0 Å². The molecule has 0 aromatic carbocycles. The first-order valence-electron chi connectivity index (χ1n) is 8.57. The van der Waals surface area contributed by atoms with Gasteiger partial charge < -0.3 is 0 Å². The molecule has 4 aliphatic carbocycles. The minimum Gasteiger partial charge on any atom is -0.299 e. The van der Waals surface area contributed by atoms with E-state index in [2.05, 4.69) is 39.0 Å². The molecule has 0 saturated heterocycles. The minimum absolute atomic E-state index is 0.0592. The smallest absolute Gasteiger partial charge is 0.139 e. The van der Waals surface area contributed by atoms with Gasteiger partial charge in [0.25, 0.3) is 0 Å². The van der Waals surface area contributed by atoms with Gasteiger partial charge in [0.2, 0.25) is 0 Å². The molecule has 0 aromatic heterocycles. The zero-order valence-corrected chi connectivity index (χ0v) is 13.5. The Hall–Kier alpha value is -1.11. The monoisotopic (exact) mass is 282 g/mol. The van der Waals surface area contributed by atoms with Gasteiger partial charge in [-0.1, -0.05) is 43.2 Å². The third-order valence-electron chi connectivity index (χ3n) is 7.06. The number of hydrogen-bond donors (Lipinski definition) is 0. The minimum atomic E-state index is -0.0592. The second-order valence-electron chi connectivity index (χ2n) is 8.17. The molecule has 21 heavy (non-hydrogen) atoms. The molecule has 4 aliphatic rings. The highest BCUT2D eigenvalue weighted by Crippen LogP contribution is 2.61. The Balaban J connectivity index is 1.79. The van der Waals surface area contributed by atoms with E-state index in [-0.39, 0.29) is 10.8 Å². The van der Waals surface area contributed by atoms with E-state index in [0.717, 1.165) is 25.7 Å². The standard InChI is InChI=1S/C20H26O/c1-13-8-10-19(2)14(12-13)4-5-15-16-6-7-18(21)20(16,3)11-9-17(15)19/h4,9,12,15-16H,5-8,10-11H2,1-3H3. The zero-order chi connectivity index (χ0) is 14.8. The fraction of sp³-hybridized carbons (Fsp3) is 0.650. The Labute approximate surface area is 128 Å². The molecule has 0 aliphatic heterocycles. The lowest BCUT2D eigenvalue weighted by Gasteiger charge is -2.50. The van der Waals surface area contributed by atoms with Crippen molar-refractivity contribution in [2.24, 2.45) is 22.7 Å². The van der Waals surface area contributed by atoms with Crippen LogP contribution in [0, 0.1) is 22.7 Å². The Bertz CT molecular complexity index is 605. The molecule has 1 nitrogen and oxygen atoms in total. The number of Topliss-reactive ketones (excluding diaryl/α,β-unsaturated/α-hetero) is 1. The average molecular weight is 282 g/mol. The first-order valence-corrected chi connectivity index (χ1v) is 8.57. The topological polar surface area (TPSA) is 17.1 Å². The van der Waals surface area contributed by atoms with Gasteiger partial charge in [0.1, 0.15) is 5.78 Å². The van der Waals surface area contributed by atoms with Crippen LogP contribution in [0.3, 0.4) is 0 Å². The lowest BCUT2D eigenvalue weighted by atomic mass is 9.53. The molecule has 0 bridgehead atoms. The van der Waals surface area contributed by atoms with Gasteiger partial charge in [-0.2, -0.15) is 0 Å². The Morgan fingerprint density at radius 3 is 2.81 bits per heavy atom. The number of allylic oxidation sites excluding steroid dienone is 6. The molecule has 4 unspecified atom stereocenters. The van der Waals surface area contributed by atoms with Crippen molar-refractivity contribution >= 4 is 5.78 Å². The molecule has 0 spiro atoms. The van der Waals surface area contributed by atoms with Crippen LogP contribution in [0.5, 0.6) is 0 Å². The first kappa shape index (κ1) is 13.5.